The molecule has 0 saturated heterocycles. The molecule has 1 aliphatic rings. The predicted octanol–water partition coefficient (Wildman–Crippen LogP) is 3.39. The van der Waals surface area contributed by atoms with E-state index in [2.05, 4.69) is 31.3 Å². The third-order valence-corrected chi connectivity index (χ3v) is 4.46. The Labute approximate surface area is 132 Å². The predicted molar refractivity (Wildman–Crippen MR) is 87.3 cm³/mol. The van der Waals surface area contributed by atoms with Crippen LogP contribution in [0.5, 0.6) is 5.75 Å². The molecule has 1 aromatic carbocycles. The molecule has 0 aromatic heterocycles. The Balaban J connectivity index is 1.76. The topological polar surface area (TPSA) is 58.6 Å². The van der Waals surface area contributed by atoms with Gasteiger partial charge in [0.1, 0.15) is 11.9 Å². The first-order chi connectivity index (χ1) is 10.6. The second-order valence-corrected chi connectivity index (χ2v) is 6.26. The minimum Gasteiger partial charge on any atom is -0.489 e. The minimum absolute atomic E-state index is 0.149. The summed E-state index contributed by atoms with van der Waals surface area (Å²) in [5, 5.41) is 12.6. The Morgan fingerprint density at radius 1 is 1.36 bits per heavy atom. The first-order valence-electron chi connectivity index (χ1n) is 8.28. The fourth-order valence-corrected chi connectivity index (χ4v) is 2.99. The van der Waals surface area contributed by atoms with Crippen LogP contribution in [0.3, 0.4) is 0 Å². The maximum atomic E-state index is 11.0. The van der Waals surface area contributed by atoms with Crippen molar-refractivity contribution >= 4 is 5.97 Å². The van der Waals surface area contributed by atoms with Crippen molar-refractivity contribution < 1.29 is 14.6 Å². The average molecular weight is 305 g/mol. The third-order valence-electron chi connectivity index (χ3n) is 4.46. The van der Waals surface area contributed by atoms with Crippen LogP contribution in [0.2, 0.25) is 0 Å². The van der Waals surface area contributed by atoms with Crippen molar-refractivity contribution in [2.45, 2.75) is 58.1 Å². The standard InChI is InChI=1S/C18H27NO3/c1-3-16(22-17-6-4-5-13(2)11-17)12-19-15-9-7-14(8-10-15)18(20)21/h4-6,11,14-16,19H,3,7-10,12H2,1-2H3,(H,20,21). The van der Waals surface area contributed by atoms with Crippen molar-refractivity contribution in [3.8, 4) is 5.75 Å². The maximum absolute atomic E-state index is 11.0. The number of aliphatic carboxylic acids is 1. The highest BCUT2D eigenvalue weighted by Crippen LogP contribution is 2.24. The summed E-state index contributed by atoms with van der Waals surface area (Å²) in [4.78, 5) is 11.0. The molecule has 1 unspecified atom stereocenters. The zero-order valence-corrected chi connectivity index (χ0v) is 13.5. The summed E-state index contributed by atoms with van der Waals surface area (Å²) in [5.74, 6) is 0.125. The molecule has 0 aliphatic heterocycles. The number of ether oxygens (including phenoxy) is 1. The van der Waals surface area contributed by atoms with Gasteiger partial charge >= 0.3 is 5.97 Å². The van der Waals surface area contributed by atoms with Gasteiger partial charge in [0.25, 0.3) is 0 Å². The van der Waals surface area contributed by atoms with Crippen LogP contribution < -0.4 is 10.1 Å². The summed E-state index contributed by atoms with van der Waals surface area (Å²) in [6.45, 7) is 5.00. The van der Waals surface area contributed by atoms with Crippen LogP contribution in [0.25, 0.3) is 0 Å². The van der Waals surface area contributed by atoms with Gasteiger partial charge < -0.3 is 15.2 Å². The maximum Gasteiger partial charge on any atom is 0.306 e. The van der Waals surface area contributed by atoms with Crippen molar-refractivity contribution in [1.29, 1.82) is 0 Å². The van der Waals surface area contributed by atoms with Gasteiger partial charge in [-0.3, -0.25) is 4.79 Å². The van der Waals surface area contributed by atoms with Gasteiger partial charge in [0.15, 0.2) is 0 Å². The third kappa shape index (κ3) is 5.02. The van der Waals surface area contributed by atoms with Crippen molar-refractivity contribution in [2.24, 2.45) is 5.92 Å². The van der Waals surface area contributed by atoms with E-state index in [0.717, 1.165) is 44.4 Å². The van der Waals surface area contributed by atoms with E-state index in [-0.39, 0.29) is 12.0 Å². The number of aryl methyl sites for hydroxylation is 1. The molecule has 0 bridgehead atoms. The van der Waals surface area contributed by atoms with E-state index in [1.165, 1.54) is 5.56 Å². The molecule has 4 nitrogen and oxygen atoms in total. The summed E-state index contributed by atoms with van der Waals surface area (Å²) in [5.41, 5.74) is 1.20. The van der Waals surface area contributed by atoms with Crippen LogP contribution >= 0.6 is 0 Å². The van der Waals surface area contributed by atoms with Gasteiger partial charge in [-0.15, -0.1) is 0 Å². The fourth-order valence-electron chi connectivity index (χ4n) is 2.99. The van der Waals surface area contributed by atoms with Crippen LogP contribution in [0.1, 0.15) is 44.6 Å². The number of carbonyl (C=O) groups is 1. The van der Waals surface area contributed by atoms with Crippen molar-refractivity contribution in [3.05, 3.63) is 29.8 Å². The van der Waals surface area contributed by atoms with E-state index in [0.29, 0.717) is 6.04 Å². The monoisotopic (exact) mass is 305 g/mol. The zero-order chi connectivity index (χ0) is 15.9. The lowest BCUT2D eigenvalue weighted by atomic mass is 9.86. The smallest absolute Gasteiger partial charge is 0.306 e. The van der Waals surface area contributed by atoms with Crippen molar-refractivity contribution in [1.82, 2.24) is 5.32 Å². The van der Waals surface area contributed by atoms with Gasteiger partial charge in [-0.05, 0) is 56.7 Å². The molecule has 1 aliphatic carbocycles. The highest BCUT2D eigenvalue weighted by Gasteiger charge is 2.26. The molecule has 0 heterocycles. The Hall–Kier alpha value is -1.55. The quantitative estimate of drug-likeness (QED) is 0.811. The normalized spacial score (nSPS) is 23.0. The first-order valence-corrected chi connectivity index (χ1v) is 8.28. The van der Waals surface area contributed by atoms with Gasteiger partial charge in [0, 0.05) is 12.6 Å². The zero-order valence-electron chi connectivity index (χ0n) is 13.5. The van der Waals surface area contributed by atoms with Crippen LogP contribution in [-0.2, 0) is 4.79 Å². The molecule has 4 heteroatoms. The van der Waals surface area contributed by atoms with Gasteiger partial charge in [0.05, 0.1) is 5.92 Å². The van der Waals surface area contributed by atoms with E-state index in [4.69, 9.17) is 9.84 Å². The largest absolute Gasteiger partial charge is 0.489 e. The van der Waals surface area contributed by atoms with Gasteiger partial charge in [-0.1, -0.05) is 19.1 Å². The summed E-state index contributed by atoms with van der Waals surface area (Å²) in [6, 6.07) is 8.55. The molecule has 1 fully saturated rings. The molecule has 22 heavy (non-hydrogen) atoms. The Kier molecular flexibility index (Phi) is 6.25. The van der Waals surface area contributed by atoms with Crippen LogP contribution in [0, 0.1) is 12.8 Å². The number of carboxylic acid groups (broad SMARTS) is 1. The molecular weight excluding hydrogens is 278 g/mol. The minimum atomic E-state index is -0.646. The first kappa shape index (κ1) is 16.8. The molecule has 122 valence electrons. The lowest BCUT2D eigenvalue weighted by molar-refractivity contribution is -0.142. The van der Waals surface area contributed by atoms with E-state index in [1.807, 2.05) is 12.1 Å². The lowest BCUT2D eigenvalue weighted by Crippen LogP contribution is -2.40. The van der Waals surface area contributed by atoms with Crippen molar-refractivity contribution in [2.75, 3.05) is 6.54 Å². The number of hydrogen-bond donors (Lipinski definition) is 2. The van der Waals surface area contributed by atoms with Crippen LogP contribution in [0.4, 0.5) is 0 Å². The molecule has 0 radical (unpaired) electrons. The number of benzene rings is 1. The number of rotatable bonds is 7. The molecule has 0 spiro atoms. The lowest BCUT2D eigenvalue weighted by Gasteiger charge is -2.28. The summed E-state index contributed by atoms with van der Waals surface area (Å²) in [6.07, 6.45) is 4.55. The van der Waals surface area contributed by atoms with Crippen molar-refractivity contribution in [3.63, 3.8) is 0 Å². The number of nitrogens with one attached hydrogen (secondary N) is 1. The summed E-state index contributed by atoms with van der Waals surface area (Å²) in [7, 11) is 0. The second-order valence-electron chi connectivity index (χ2n) is 6.26. The second kappa shape index (κ2) is 8.18. The van der Waals surface area contributed by atoms with E-state index >= 15 is 0 Å². The average Bonchev–Trinajstić information content (AvgIpc) is 2.52. The molecule has 1 aromatic rings. The molecule has 2 N–H and O–H groups in total. The summed E-state index contributed by atoms with van der Waals surface area (Å²) >= 11 is 0. The van der Waals surface area contributed by atoms with E-state index in [1.54, 1.807) is 0 Å². The Morgan fingerprint density at radius 2 is 2.09 bits per heavy atom. The Morgan fingerprint density at radius 3 is 2.68 bits per heavy atom. The Bertz CT molecular complexity index is 481. The highest BCUT2D eigenvalue weighted by molar-refractivity contribution is 5.70. The number of hydrogen-bond acceptors (Lipinski definition) is 3. The fraction of sp³-hybridized carbons (Fsp3) is 0.611. The molecule has 1 saturated carbocycles. The van der Waals surface area contributed by atoms with E-state index < -0.39 is 5.97 Å². The highest BCUT2D eigenvalue weighted by atomic mass is 16.5. The van der Waals surface area contributed by atoms with E-state index in [9.17, 15) is 4.79 Å². The van der Waals surface area contributed by atoms with Gasteiger partial charge in [0.2, 0.25) is 0 Å². The molecule has 2 rings (SSSR count). The SMILES string of the molecule is CCC(CNC1CCC(C(=O)O)CC1)Oc1cccc(C)c1. The molecule has 1 atom stereocenters. The van der Waals surface area contributed by atoms with Crippen LogP contribution in [0.15, 0.2) is 24.3 Å². The van der Waals surface area contributed by atoms with Gasteiger partial charge in [-0.2, -0.15) is 0 Å². The van der Waals surface area contributed by atoms with Crippen LogP contribution in [-0.4, -0.2) is 29.8 Å². The molecular formula is C18H27NO3. The number of carboxylic acids is 1. The molecule has 0 amide bonds. The summed E-state index contributed by atoms with van der Waals surface area (Å²) < 4.78 is 6.04. The van der Waals surface area contributed by atoms with Gasteiger partial charge in [-0.25, -0.2) is 0 Å².